The lowest BCUT2D eigenvalue weighted by Crippen LogP contribution is -2.36. The molecule has 0 spiro atoms. The summed E-state index contributed by atoms with van der Waals surface area (Å²) >= 11 is 0. The van der Waals surface area contributed by atoms with Gasteiger partial charge in [-0.1, -0.05) is 0 Å². The SMILES string of the molecule is O=C1CCC(NC(=O)c2cc(=O)[nH]c(C3CC3)n2)CCN1. The van der Waals surface area contributed by atoms with Crippen molar-refractivity contribution in [2.45, 2.75) is 44.1 Å². The molecule has 1 saturated carbocycles. The molecule has 7 heteroatoms. The molecule has 1 unspecified atom stereocenters. The molecule has 1 aromatic heterocycles. The molecule has 21 heavy (non-hydrogen) atoms. The fourth-order valence-electron chi connectivity index (χ4n) is 2.47. The molecule has 0 aromatic carbocycles. The molecule has 1 aliphatic heterocycles. The summed E-state index contributed by atoms with van der Waals surface area (Å²) in [5.74, 6) is 0.551. The van der Waals surface area contributed by atoms with Crippen LogP contribution in [0.1, 0.15) is 54.3 Å². The zero-order valence-electron chi connectivity index (χ0n) is 11.6. The van der Waals surface area contributed by atoms with E-state index in [4.69, 9.17) is 0 Å². The van der Waals surface area contributed by atoms with Crippen LogP contribution in [0.4, 0.5) is 0 Å². The Hall–Kier alpha value is -2.18. The minimum atomic E-state index is -0.345. The molecule has 0 bridgehead atoms. The lowest BCUT2D eigenvalue weighted by atomic mass is 10.1. The first kappa shape index (κ1) is 13.8. The molecular weight excluding hydrogens is 272 g/mol. The Morgan fingerprint density at radius 1 is 1.24 bits per heavy atom. The zero-order valence-corrected chi connectivity index (χ0v) is 11.6. The number of hydrogen-bond donors (Lipinski definition) is 3. The second kappa shape index (κ2) is 5.67. The third kappa shape index (κ3) is 3.48. The predicted octanol–water partition coefficient (Wildman–Crippen LogP) is 0.0458. The highest BCUT2D eigenvalue weighted by molar-refractivity contribution is 5.92. The molecule has 7 nitrogen and oxygen atoms in total. The normalized spacial score (nSPS) is 22.3. The predicted molar refractivity (Wildman–Crippen MR) is 74.9 cm³/mol. The highest BCUT2D eigenvalue weighted by atomic mass is 16.2. The number of nitrogens with one attached hydrogen (secondary N) is 3. The van der Waals surface area contributed by atoms with Gasteiger partial charge in [0.15, 0.2) is 0 Å². The number of rotatable bonds is 3. The summed E-state index contributed by atoms with van der Waals surface area (Å²) in [7, 11) is 0. The fourth-order valence-corrected chi connectivity index (χ4v) is 2.47. The fraction of sp³-hybridized carbons (Fsp3) is 0.571. The van der Waals surface area contributed by atoms with Crippen LogP contribution in [0.15, 0.2) is 10.9 Å². The maximum absolute atomic E-state index is 12.2. The number of carbonyl (C=O) groups is 2. The first-order chi connectivity index (χ1) is 10.1. The molecule has 1 saturated heterocycles. The summed E-state index contributed by atoms with van der Waals surface area (Å²) < 4.78 is 0. The summed E-state index contributed by atoms with van der Waals surface area (Å²) in [6.07, 6.45) is 3.71. The standard InChI is InChI=1S/C14H18N4O3/c19-11-4-3-9(5-6-15-11)16-14(21)10-7-12(20)18-13(17-10)8-1-2-8/h7-9H,1-6H2,(H,15,19)(H,16,21)(H,17,18,20). The Balaban J connectivity index is 1.70. The quantitative estimate of drug-likeness (QED) is 0.731. The van der Waals surface area contributed by atoms with Gasteiger partial charge < -0.3 is 15.6 Å². The van der Waals surface area contributed by atoms with Crippen molar-refractivity contribution in [3.05, 3.63) is 27.9 Å². The van der Waals surface area contributed by atoms with E-state index >= 15 is 0 Å². The Morgan fingerprint density at radius 2 is 2.05 bits per heavy atom. The number of carbonyl (C=O) groups excluding carboxylic acids is 2. The second-order valence-electron chi connectivity index (χ2n) is 5.64. The number of amides is 2. The van der Waals surface area contributed by atoms with E-state index < -0.39 is 0 Å². The van der Waals surface area contributed by atoms with E-state index in [2.05, 4.69) is 20.6 Å². The third-order valence-corrected chi connectivity index (χ3v) is 3.83. The first-order valence-electron chi connectivity index (χ1n) is 7.30. The lowest BCUT2D eigenvalue weighted by molar-refractivity contribution is -0.120. The van der Waals surface area contributed by atoms with Gasteiger partial charge in [0.1, 0.15) is 11.5 Å². The molecule has 3 N–H and O–H groups in total. The van der Waals surface area contributed by atoms with E-state index in [9.17, 15) is 14.4 Å². The van der Waals surface area contributed by atoms with Crippen LogP contribution in [0.2, 0.25) is 0 Å². The summed E-state index contributed by atoms with van der Waals surface area (Å²) in [5.41, 5.74) is -0.140. The van der Waals surface area contributed by atoms with Crippen LogP contribution in [0.25, 0.3) is 0 Å². The number of nitrogens with zero attached hydrogens (tertiary/aromatic N) is 1. The van der Waals surface area contributed by atoms with E-state index in [0.29, 0.717) is 31.6 Å². The van der Waals surface area contributed by atoms with Gasteiger partial charge in [-0.2, -0.15) is 0 Å². The van der Waals surface area contributed by atoms with Crippen molar-refractivity contribution in [3.8, 4) is 0 Å². The summed E-state index contributed by atoms with van der Waals surface area (Å²) in [6, 6.07) is 1.16. The van der Waals surface area contributed by atoms with Gasteiger partial charge in [0, 0.05) is 31.0 Å². The molecular formula is C14H18N4O3. The number of aromatic nitrogens is 2. The maximum atomic E-state index is 12.2. The number of H-pyrrole nitrogens is 1. The average Bonchev–Trinajstić information content (AvgIpc) is 3.27. The van der Waals surface area contributed by atoms with Gasteiger partial charge in [0.2, 0.25) is 5.91 Å². The minimum Gasteiger partial charge on any atom is -0.356 e. The summed E-state index contributed by atoms with van der Waals surface area (Å²) in [5, 5.41) is 5.63. The van der Waals surface area contributed by atoms with Crippen LogP contribution in [0.3, 0.4) is 0 Å². The summed E-state index contributed by atoms with van der Waals surface area (Å²) in [4.78, 5) is 42.0. The molecule has 112 valence electrons. The van der Waals surface area contributed by atoms with E-state index in [0.717, 1.165) is 12.8 Å². The molecule has 2 aliphatic rings. The van der Waals surface area contributed by atoms with Crippen molar-refractivity contribution in [1.82, 2.24) is 20.6 Å². The van der Waals surface area contributed by atoms with Crippen LogP contribution in [0, 0.1) is 0 Å². The van der Waals surface area contributed by atoms with Gasteiger partial charge in [0.05, 0.1) is 0 Å². The van der Waals surface area contributed by atoms with E-state index in [1.54, 1.807) is 0 Å². The van der Waals surface area contributed by atoms with Gasteiger partial charge in [-0.25, -0.2) is 4.98 Å². The van der Waals surface area contributed by atoms with Gasteiger partial charge in [-0.15, -0.1) is 0 Å². The molecule has 3 rings (SSSR count). The van der Waals surface area contributed by atoms with Crippen molar-refractivity contribution in [2.24, 2.45) is 0 Å². The topological polar surface area (TPSA) is 104 Å². The Bertz CT molecular complexity index is 621. The molecule has 1 aromatic rings. The summed E-state index contributed by atoms with van der Waals surface area (Å²) in [6.45, 7) is 0.555. The number of hydrogen-bond acceptors (Lipinski definition) is 4. The number of aromatic amines is 1. The van der Waals surface area contributed by atoms with Crippen molar-refractivity contribution in [1.29, 1.82) is 0 Å². The van der Waals surface area contributed by atoms with Crippen LogP contribution < -0.4 is 16.2 Å². The van der Waals surface area contributed by atoms with Gasteiger partial charge in [-0.3, -0.25) is 14.4 Å². The Kier molecular flexibility index (Phi) is 3.72. The van der Waals surface area contributed by atoms with Gasteiger partial charge in [0.25, 0.3) is 11.5 Å². The van der Waals surface area contributed by atoms with Crippen LogP contribution in [0.5, 0.6) is 0 Å². The highest BCUT2D eigenvalue weighted by Crippen LogP contribution is 2.37. The van der Waals surface area contributed by atoms with Crippen molar-refractivity contribution >= 4 is 11.8 Å². The van der Waals surface area contributed by atoms with Crippen LogP contribution in [-0.4, -0.2) is 34.4 Å². The first-order valence-corrected chi connectivity index (χ1v) is 7.30. The van der Waals surface area contributed by atoms with E-state index in [1.165, 1.54) is 6.07 Å². The highest BCUT2D eigenvalue weighted by Gasteiger charge is 2.27. The van der Waals surface area contributed by atoms with E-state index in [-0.39, 0.29) is 35.0 Å². The molecule has 1 atom stereocenters. The van der Waals surface area contributed by atoms with Crippen LogP contribution >= 0.6 is 0 Å². The molecule has 1 aliphatic carbocycles. The Labute approximate surface area is 121 Å². The van der Waals surface area contributed by atoms with Crippen molar-refractivity contribution in [3.63, 3.8) is 0 Å². The van der Waals surface area contributed by atoms with Gasteiger partial charge >= 0.3 is 0 Å². The molecule has 2 heterocycles. The average molecular weight is 290 g/mol. The van der Waals surface area contributed by atoms with Gasteiger partial charge in [-0.05, 0) is 25.7 Å². The minimum absolute atomic E-state index is 0.0112. The van der Waals surface area contributed by atoms with Crippen molar-refractivity contribution in [2.75, 3.05) is 6.54 Å². The largest absolute Gasteiger partial charge is 0.356 e. The second-order valence-corrected chi connectivity index (χ2v) is 5.64. The third-order valence-electron chi connectivity index (χ3n) is 3.83. The van der Waals surface area contributed by atoms with Crippen LogP contribution in [-0.2, 0) is 4.79 Å². The Morgan fingerprint density at radius 3 is 2.81 bits per heavy atom. The lowest BCUT2D eigenvalue weighted by Gasteiger charge is -2.15. The smallest absolute Gasteiger partial charge is 0.270 e. The van der Waals surface area contributed by atoms with E-state index in [1.807, 2.05) is 0 Å². The maximum Gasteiger partial charge on any atom is 0.270 e. The monoisotopic (exact) mass is 290 g/mol. The zero-order chi connectivity index (χ0) is 14.8. The molecule has 2 amide bonds. The van der Waals surface area contributed by atoms with Crippen molar-refractivity contribution < 1.29 is 9.59 Å². The molecule has 2 fully saturated rings. The molecule has 0 radical (unpaired) electrons.